The van der Waals surface area contributed by atoms with Crippen molar-refractivity contribution < 1.29 is 9.84 Å². The minimum absolute atomic E-state index is 0.170. The van der Waals surface area contributed by atoms with Crippen molar-refractivity contribution in [2.24, 2.45) is 0 Å². The van der Waals surface area contributed by atoms with E-state index in [-0.39, 0.29) is 6.61 Å². The Bertz CT molecular complexity index is 257. The molecule has 1 N–H and O–H groups in total. The number of hydrogen-bond donors (Lipinski definition) is 1. The number of allylic oxidation sites excluding steroid dienone is 1. The summed E-state index contributed by atoms with van der Waals surface area (Å²) in [5.41, 5.74) is 4.34. The number of aliphatic hydroxyl groups excluding tert-OH is 1. The molecule has 0 saturated heterocycles. The van der Waals surface area contributed by atoms with Gasteiger partial charge in [-0.25, -0.2) is 0 Å². The zero-order valence-corrected chi connectivity index (χ0v) is 8.75. The van der Waals surface area contributed by atoms with Gasteiger partial charge in [-0.05, 0) is 43.8 Å². The van der Waals surface area contributed by atoms with E-state index < -0.39 is 0 Å². The van der Waals surface area contributed by atoms with Crippen molar-refractivity contribution in [3.8, 4) is 0 Å². The van der Waals surface area contributed by atoms with E-state index in [0.717, 1.165) is 18.6 Å². The molecule has 1 aliphatic carbocycles. The van der Waals surface area contributed by atoms with Gasteiger partial charge in [0.1, 0.15) is 0 Å². The van der Waals surface area contributed by atoms with Crippen LogP contribution in [0, 0.1) is 0 Å². The quantitative estimate of drug-likeness (QED) is 0.550. The van der Waals surface area contributed by atoms with Gasteiger partial charge in [-0.2, -0.15) is 0 Å². The molecule has 78 valence electrons. The number of ether oxygens (including phenoxy) is 1. The molecule has 0 saturated carbocycles. The Kier molecular flexibility index (Phi) is 5.13. The van der Waals surface area contributed by atoms with Crippen LogP contribution in [0.25, 0.3) is 0 Å². The number of rotatable bonds is 4. The molecule has 0 aromatic rings. The van der Waals surface area contributed by atoms with Crippen LogP contribution in [-0.4, -0.2) is 18.8 Å². The highest BCUT2D eigenvalue weighted by Gasteiger charge is 2.07. The molecule has 2 nitrogen and oxygen atoms in total. The SMILES string of the molecule is COC(=C=CCCO)C1=CCCCC1. The first-order chi connectivity index (χ1) is 6.88. The third kappa shape index (κ3) is 3.41. The molecular formula is C12H18O2. The lowest BCUT2D eigenvalue weighted by atomic mass is 9.98. The van der Waals surface area contributed by atoms with Gasteiger partial charge in [0.05, 0.1) is 7.11 Å². The molecule has 0 spiro atoms. The summed E-state index contributed by atoms with van der Waals surface area (Å²) in [4.78, 5) is 0. The summed E-state index contributed by atoms with van der Waals surface area (Å²) in [6.45, 7) is 0.170. The summed E-state index contributed by atoms with van der Waals surface area (Å²) in [6.07, 6.45) is 9.44. The average Bonchev–Trinajstić information content (AvgIpc) is 2.26. The van der Waals surface area contributed by atoms with Gasteiger partial charge in [0.15, 0.2) is 5.76 Å². The van der Waals surface area contributed by atoms with Gasteiger partial charge in [0.2, 0.25) is 0 Å². The van der Waals surface area contributed by atoms with E-state index in [1.54, 1.807) is 7.11 Å². The molecule has 0 aromatic carbocycles. The Morgan fingerprint density at radius 1 is 1.64 bits per heavy atom. The van der Waals surface area contributed by atoms with E-state index in [9.17, 15) is 0 Å². The zero-order chi connectivity index (χ0) is 10.2. The van der Waals surface area contributed by atoms with Gasteiger partial charge in [-0.3, -0.25) is 0 Å². The lowest BCUT2D eigenvalue weighted by Crippen LogP contribution is -1.96. The maximum Gasteiger partial charge on any atom is 0.164 e. The molecule has 0 heterocycles. The minimum atomic E-state index is 0.170. The van der Waals surface area contributed by atoms with Crippen LogP contribution in [-0.2, 0) is 4.74 Å². The predicted molar refractivity (Wildman–Crippen MR) is 56.9 cm³/mol. The van der Waals surface area contributed by atoms with Crippen molar-refractivity contribution in [3.63, 3.8) is 0 Å². The minimum Gasteiger partial charge on any atom is -0.489 e. The van der Waals surface area contributed by atoms with Crippen molar-refractivity contribution >= 4 is 0 Å². The highest BCUT2D eigenvalue weighted by molar-refractivity contribution is 5.26. The van der Waals surface area contributed by atoms with Crippen molar-refractivity contribution in [2.45, 2.75) is 32.1 Å². The van der Waals surface area contributed by atoms with Crippen LogP contribution in [0.4, 0.5) is 0 Å². The number of hydrogen-bond acceptors (Lipinski definition) is 2. The summed E-state index contributed by atoms with van der Waals surface area (Å²) >= 11 is 0. The highest BCUT2D eigenvalue weighted by Crippen LogP contribution is 2.23. The maximum atomic E-state index is 8.63. The van der Waals surface area contributed by atoms with Crippen LogP contribution in [0.5, 0.6) is 0 Å². The van der Waals surface area contributed by atoms with Crippen LogP contribution in [0.2, 0.25) is 0 Å². The first kappa shape index (κ1) is 11.1. The first-order valence-electron chi connectivity index (χ1n) is 5.18. The fraction of sp³-hybridized carbons (Fsp3) is 0.583. The van der Waals surface area contributed by atoms with Gasteiger partial charge >= 0.3 is 0 Å². The topological polar surface area (TPSA) is 29.5 Å². The smallest absolute Gasteiger partial charge is 0.164 e. The molecule has 0 amide bonds. The molecule has 1 aliphatic rings. The zero-order valence-electron chi connectivity index (χ0n) is 8.75. The third-order valence-corrected chi connectivity index (χ3v) is 2.29. The van der Waals surface area contributed by atoms with E-state index in [0.29, 0.717) is 6.42 Å². The predicted octanol–water partition coefficient (Wildman–Crippen LogP) is 2.55. The van der Waals surface area contributed by atoms with Crippen LogP contribution < -0.4 is 0 Å². The van der Waals surface area contributed by atoms with Gasteiger partial charge in [-0.1, -0.05) is 11.8 Å². The van der Waals surface area contributed by atoms with Crippen molar-refractivity contribution in [3.05, 3.63) is 29.2 Å². The molecule has 1 rings (SSSR count). The van der Waals surface area contributed by atoms with Crippen LogP contribution in [0.1, 0.15) is 32.1 Å². The lowest BCUT2D eigenvalue weighted by Gasteiger charge is -2.12. The molecule has 0 fully saturated rings. The first-order valence-corrected chi connectivity index (χ1v) is 5.18. The molecule has 14 heavy (non-hydrogen) atoms. The van der Waals surface area contributed by atoms with E-state index >= 15 is 0 Å². The van der Waals surface area contributed by atoms with Gasteiger partial charge < -0.3 is 9.84 Å². The molecule has 0 bridgehead atoms. The number of aliphatic hydroxyl groups is 1. The summed E-state index contributed by atoms with van der Waals surface area (Å²) < 4.78 is 5.26. The van der Waals surface area contributed by atoms with Gasteiger partial charge in [-0.15, -0.1) is 0 Å². The van der Waals surface area contributed by atoms with Crippen molar-refractivity contribution in [2.75, 3.05) is 13.7 Å². The van der Waals surface area contributed by atoms with Gasteiger partial charge in [0, 0.05) is 6.61 Å². The third-order valence-electron chi connectivity index (χ3n) is 2.29. The molecule has 0 atom stereocenters. The molecule has 0 aliphatic heterocycles. The van der Waals surface area contributed by atoms with Crippen LogP contribution in [0.15, 0.2) is 29.2 Å². The Morgan fingerprint density at radius 2 is 2.50 bits per heavy atom. The second-order valence-corrected chi connectivity index (χ2v) is 3.37. The Balaban J connectivity index is 2.69. The summed E-state index contributed by atoms with van der Waals surface area (Å²) in [5, 5.41) is 8.63. The molecular weight excluding hydrogens is 176 g/mol. The Labute approximate surface area is 85.6 Å². The number of methoxy groups -OCH3 is 1. The van der Waals surface area contributed by atoms with E-state index in [1.807, 2.05) is 6.08 Å². The van der Waals surface area contributed by atoms with Gasteiger partial charge in [0.25, 0.3) is 0 Å². The van der Waals surface area contributed by atoms with Crippen molar-refractivity contribution in [1.29, 1.82) is 0 Å². The maximum absolute atomic E-state index is 8.63. The molecule has 0 radical (unpaired) electrons. The summed E-state index contributed by atoms with van der Waals surface area (Å²) in [5.74, 6) is 0.832. The molecule has 0 unspecified atom stereocenters. The monoisotopic (exact) mass is 194 g/mol. The van der Waals surface area contributed by atoms with E-state index in [4.69, 9.17) is 9.84 Å². The molecule has 0 aromatic heterocycles. The fourth-order valence-corrected chi connectivity index (χ4v) is 1.56. The normalized spacial score (nSPS) is 15.4. The second-order valence-electron chi connectivity index (χ2n) is 3.37. The van der Waals surface area contributed by atoms with E-state index in [1.165, 1.54) is 18.4 Å². The fourth-order valence-electron chi connectivity index (χ4n) is 1.56. The summed E-state index contributed by atoms with van der Waals surface area (Å²) in [7, 11) is 1.67. The Hall–Kier alpha value is -0.980. The van der Waals surface area contributed by atoms with Crippen LogP contribution >= 0.6 is 0 Å². The summed E-state index contributed by atoms with van der Waals surface area (Å²) in [6, 6.07) is 0. The largest absolute Gasteiger partial charge is 0.489 e. The molecule has 2 heteroatoms. The van der Waals surface area contributed by atoms with E-state index in [2.05, 4.69) is 11.8 Å². The second kappa shape index (κ2) is 6.47. The highest BCUT2D eigenvalue weighted by atomic mass is 16.5. The standard InChI is InChI=1S/C12H18O2/c1-14-12(9-5-6-10-13)11-7-3-2-4-8-11/h5,7,13H,2-4,6,8,10H2,1H3. The average molecular weight is 194 g/mol. The lowest BCUT2D eigenvalue weighted by molar-refractivity contribution is 0.295. The van der Waals surface area contributed by atoms with Crippen molar-refractivity contribution in [1.82, 2.24) is 0 Å². The Morgan fingerprint density at radius 3 is 3.07 bits per heavy atom. The van der Waals surface area contributed by atoms with Crippen LogP contribution in [0.3, 0.4) is 0 Å².